The monoisotopic (exact) mass is 363 g/mol. The van der Waals surface area contributed by atoms with Crippen molar-refractivity contribution in [1.82, 2.24) is 5.43 Å². The van der Waals surface area contributed by atoms with Crippen molar-refractivity contribution < 1.29 is 9.22 Å². The van der Waals surface area contributed by atoms with Crippen LogP contribution >= 0.6 is 0 Å². The fraction of sp³-hybridized carbons (Fsp3) is 0.632. The lowest BCUT2D eigenvalue weighted by Gasteiger charge is -2.39. The summed E-state index contributed by atoms with van der Waals surface area (Å²) in [6.07, 6.45) is 2.30. The standard InChI is InChI=1S/C19H33N3O2Si/c1-19(2,3)25(4,5)24-14-15-10-12-22(13-11-15)17-8-6-16(7-9-17)18(23)21-20/h6-9,15H,10-14,20H2,1-5H3,(H,21,23). The van der Waals surface area contributed by atoms with E-state index in [0.717, 1.165) is 38.2 Å². The number of hydrazine groups is 1. The average Bonchev–Trinajstić information content (AvgIpc) is 2.59. The maximum atomic E-state index is 11.5. The van der Waals surface area contributed by atoms with Crippen LogP contribution in [0.1, 0.15) is 44.0 Å². The van der Waals surface area contributed by atoms with Crippen LogP contribution in [0.5, 0.6) is 0 Å². The number of nitrogens with one attached hydrogen (secondary N) is 1. The number of amides is 1. The Hall–Kier alpha value is -1.37. The van der Waals surface area contributed by atoms with Crippen LogP contribution in [-0.2, 0) is 4.43 Å². The van der Waals surface area contributed by atoms with Gasteiger partial charge in [0.25, 0.3) is 5.91 Å². The minimum Gasteiger partial charge on any atom is -0.417 e. The predicted octanol–water partition coefficient (Wildman–Crippen LogP) is 3.53. The fourth-order valence-electron chi connectivity index (χ4n) is 2.81. The van der Waals surface area contributed by atoms with Crippen LogP contribution in [0.25, 0.3) is 0 Å². The quantitative estimate of drug-likeness (QED) is 0.363. The van der Waals surface area contributed by atoms with Gasteiger partial charge in [-0.25, -0.2) is 5.84 Å². The van der Waals surface area contributed by atoms with Crippen molar-refractivity contribution in [3.63, 3.8) is 0 Å². The molecule has 1 heterocycles. The summed E-state index contributed by atoms with van der Waals surface area (Å²) in [6, 6.07) is 7.64. The summed E-state index contributed by atoms with van der Waals surface area (Å²) in [4.78, 5) is 13.9. The molecule has 0 bridgehead atoms. The van der Waals surface area contributed by atoms with Gasteiger partial charge in [0.1, 0.15) is 0 Å². The lowest BCUT2D eigenvalue weighted by atomic mass is 9.97. The number of piperidine rings is 1. The van der Waals surface area contributed by atoms with Crippen molar-refractivity contribution in [3.8, 4) is 0 Å². The average molecular weight is 364 g/mol. The zero-order chi connectivity index (χ0) is 18.7. The van der Waals surface area contributed by atoms with Crippen LogP contribution in [0.15, 0.2) is 24.3 Å². The molecular formula is C19H33N3O2Si. The SMILES string of the molecule is CC(C)(C)[Si](C)(C)OCC1CCN(c2ccc(C(=O)NN)cc2)CC1. The number of nitrogens with zero attached hydrogens (tertiary/aromatic N) is 1. The van der Waals surface area contributed by atoms with Crippen molar-refractivity contribution in [2.45, 2.75) is 51.7 Å². The first-order valence-corrected chi connectivity index (χ1v) is 12.0. The van der Waals surface area contributed by atoms with E-state index < -0.39 is 8.32 Å². The van der Waals surface area contributed by atoms with E-state index in [-0.39, 0.29) is 10.9 Å². The molecule has 1 aliphatic heterocycles. The Bertz CT molecular complexity index is 573. The summed E-state index contributed by atoms with van der Waals surface area (Å²) in [5.74, 6) is 5.56. The molecule has 0 aromatic heterocycles. The Labute approximate surface area is 153 Å². The number of benzene rings is 1. The molecule has 0 unspecified atom stereocenters. The number of hydrogen-bond donors (Lipinski definition) is 2. The van der Waals surface area contributed by atoms with Crippen molar-refractivity contribution in [1.29, 1.82) is 0 Å². The van der Waals surface area contributed by atoms with E-state index in [1.54, 1.807) is 0 Å². The predicted molar refractivity (Wildman–Crippen MR) is 106 cm³/mol. The normalized spacial score (nSPS) is 16.8. The minimum atomic E-state index is -1.65. The van der Waals surface area contributed by atoms with Gasteiger partial charge >= 0.3 is 0 Å². The van der Waals surface area contributed by atoms with Crippen molar-refractivity contribution >= 4 is 19.9 Å². The zero-order valence-corrected chi connectivity index (χ0v) is 17.3. The molecule has 2 rings (SSSR count). The molecule has 0 aliphatic carbocycles. The van der Waals surface area contributed by atoms with Crippen LogP contribution < -0.4 is 16.2 Å². The van der Waals surface area contributed by atoms with E-state index in [4.69, 9.17) is 10.3 Å². The van der Waals surface area contributed by atoms with E-state index in [2.05, 4.69) is 44.2 Å². The van der Waals surface area contributed by atoms with Gasteiger partial charge in [-0.3, -0.25) is 10.2 Å². The lowest BCUT2D eigenvalue weighted by Crippen LogP contribution is -2.43. The number of nitrogens with two attached hydrogens (primary N) is 1. The highest BCUT2D eigenvalue weighted by Gasteiger charge is 2.37. The second-order valence-electron chi connectivity index (χ2n) is 8.52. The van der Waals surface area contributed by atoms with Gasteiger partial charge in [0.15, 0.2) is 8.32 Å². The van der Waals surface area contributed by atoms with E-state index in [0.29, 0.717) is 11.5 Å². The molecule has 0 saturated carbocycles. The molecule has 6 heteroatoms. The Morgan fingerprint density at radius 2 is 1.80 bits per heavy atom. The lowest BCUT2D eigenvalue weighted by molar-refractivity contribution is 0.0953. The number of rotatable bonds is 5. The molecular weight excluding hydrogens is 330 g/mol. The van der Waals surface area contributed by atoms with E-state index >= 15 is 0 Å². The Morgan fingerprint density at radius 1 is 1.24 bits per heavy atom. The van der Waals surface area contributed by atoms with Crippen LogP contribution in [0.2, 0.25) is 18.1 Å². The molecule has 0 atom stereocenters. The molecule has 1 fully saturated rings. The van der Waals surface area contributed by atoms with Crippen molar-refractivity contribution in [2.24, 2.45) is 11.8 Å². The van der Waals surface area contributed by atoms with Gasteiger partial charge in [0.2, 0.25) is 0 Å². The summed E-state index contributed by atoms with van der Waals surface area (Å²) in [5, 5.41) is 0.269. The molecule has 25 heavy (non-hydrogen) atoms. The van der Waals surface area contributed by atoms with Gasteiger partial charge < -0.3 is 9.33 Å². The largest absolute Gasteiger partial charge is 0.417 e. The first kappa shape index (κ1) is 19.9. The van der Waals surface area contributed by atoms with Crippen molar-refractivity contribution in [3.05, 3.63) is 29.8 Å². The molecule has 1 aliphatic rings. The highest BCUT2D eigenvalue weighted by molar-refractivity contribution is 6.74. The molecule has 0 spiro atoms. The van der Waals surface area contributed by atoms with Crippen LogP contribution in [0, 0.1) is 5.92 Å². The Balaban J connectivity index is 1.84. The van der Waals surface area contributed by atoms with Gasteiger partial charge in [-0.15, -0.1) is 0 Å². The number of carbonyl (C=O) groups is 1. The number of hydrogen-bond acceptors (Lipinski definition) is 4. The van der Waals surface area contributed by atoms with Crippen LogP contribution in [0.3, 0.4) is 0 Å². The second-order valence-corrected chi connectivity index (χ2v) is 13.3. The van der Waals surface area contributed by atoms with Gasteiger partial charge in [-0.2, -0.15) is 0 Å². The Kier molecular flexibility index (Phi) is 6.29. The van der Waals surface area contributed by atoms with E-state index in [9.17, 15) is 4.79 Å². The second kappa shape index (κ2) is 7.89. The number of carbonyl (C=O) groups excluding carboxylic acids is 1. The van der Waals surface area contributed by atoms with Gasteiger partial charge in [-0.1, -0.05) is 20.8 Å². The molecule has 1 aromatic carbocycles. The maximum Gasteiger partial charge on any atom is 0.265 e. The van der Waals surface area contributed by atoms with Gasteiger partial charge in [0.05, 0.1) is 0 Å². The summed E-state index contributed by atoms with van der Waals surface area (Å²) >= 11 is 0. The van der Waals surface area contributed by atoms with Gasteiger partial charge in [0, 0.05) is 30.9 Å². The highest BCUT2D eigenvalue weighted by Crippen LogP contribution is 2.37. The highest BCUT2D eigenvalue weighted by atomic mass is 28.4. The molecule has 3 N–H and O–H groups in total. The summed E-state index contributed by atoms with van der Waals surface area (Å²) in [7, 11) is -1.65. The first-order valence-electron chi connectivity index (χ1n) is 9.14. The topological polar surface area (TPSA) is 67.6 Å². The Morgan fingerprint density at radius 3 is 2.28 bits per heavy atom. The maximum absolute atomic E-state index is 11.5. The molecule has 1 saturated heterocycles. The smallest absolute Gasteiger partial charge is 0.265 e. The van der Waals surface area contributed by atoms with Crippen LogP contribution in [-0.4, -0.2) is 33.9 Å². The molecule has 140 valence electrons. The third-order valence-electron chi connectivity index (χ3n) is 5.73. The van der Waals surface area contributed by atoms with Gasteiger partial charge in [-0.05, 0) is 61.2 Å². The number of nitrogen functional groups attached to an aromatic ring is 1. The first-order chi connectivity index (χ1) is 11.6. The van der Waals surface area contributed by atoms with E-state index in [1.807, 2.05) is 24.3 Å². The fourth-order valence-corrected chi connectivity index (χ4v) is 3.89. The molecule has 5 nitrogen and oxygen atoms in total. The third kappa shape index (κ3) is 5.06. The van der Waals surface area contributed by atoms with E-state index in [1.165, 1.54) is 0 Å². The number of anilines is 1. The third-order valence-corrected chi connectivity index (χ3v) is 10.2. The summed E-state index contributed by atoms with van der Waals surface area (Å²) in [6.45, 7) is 14.5. The summed E-state index contributed by atoms with van der Waals surface area (Å²) < 4.78 is 6.39. The van der Waals surface area contributed by atoms with Crippen LogP contribution in [0.4, 0.5) is 5.69 Å². The molecule has 1 amide bonds. The van der Waals surface area contributed by atoms with Crippen molar-refractivity contribution in [2.75, 3.05) is 24.6 Å². The molecule has 0 radical (unpaired) electrons. The minimum absolute atomic E-state index is 0.256. The zero-order valence-electron chi connectivity index (χ0n) is 16.3. The molecule has 1 aromatic rings. The summed E-state index contributed by atoms with van der Waals surface area (Å²) in [5.41, 5.74) is 3.91.